The second-order valence-corrected chi connectivity index (χ2v) is 5.76. The van der Waals surface area contributed by atoms with E-state index < -0.39 is 10.0 Å². The highest BCUT2D eigenvalue weighted by Crippen LogP contribution is 2.16. The summed E-state index contributed by atoms with van der Waals surface area (Å²) in [6.45, 7) is 1.99. The van der Waals surface area contributed by atoms with E-state index in [1.165, 1.54) is 0 Å². The van der Waals surface area contributed by atoms with Gasteiger partial charge in [-0.05, 0) is 5.56 Å². The lowest BCUT2D eigenvalue weighted by Crippen LogP contribution is -2.21. The molecule has 1 heterocycles. The lowest BCUT2D eigenvalue weighted by Gasteiger charge is -2.02. The van der Waals surface area contributed by atoms with Crippen LogP contribution in [0.2, 0.25) is 0 Å². The molecule has 0 atom stereocenters. The average Bonchev–Trinajstić information content (AvgIpc) is 2.73. The predicted molar refractivity (Wildman–Crippen MR) is 66.2 cm³/mol. The van der Waals surface area contributed by atoms with E-state index in [2.05, 4.69) is 14.9 Å². The number of nitrogens with one attached hydrogen (secondary N) is 1. The topological polar surface area (TPSA) is 85.1 Å². The highest BCUT2D eigenvalue weighted by Gasteiger charge is 2.06. The minimum atomic E-state index is -3.17. The van der Waals surface area contributed by atoms with Crippen LogP contribution >= 0.6 is 0 Å². The van der Waals surface area contributed by atoms with E-state index in [-0.39, 0.29) is 6.54 Å². The minimum Gasteiger partial charge on any atom is -0.339 e. The minimum absolute atomic E-state index is 0.268. The summed E-state index contributed by atoms with van der Waals surface area (Å²) in [6.07, 6.45) is 1.13. The number of hydrogen-bond donors (Lipinski definition) is 1. The van der Waals surface area contributed by atoms with Gasteiger partial charge in [-0.3, -0.25) is 0 Å². The molecule has 0 unspecified atom stereocenters. The Morgan fingerprint density at radius 3 is 2.44 bits per heavy atom. The van der Waals surface area contributed by atoms with Gasteiger partial charge < -0.3 is 4.52 Å². The first-order valence-electron chi connectivity index (χ1n) is 5.28. The molecule has 0 spiro atoms. The van der Waals surface area contributed by atoms with Gasteiger partial charge in [-0.25, -0.2) is 13.1 Å². The Hall–Kier alpha value is -1.73. The monoisotopic (exact) mass is 267 g/mol. The molecule has 96 valence electrons. The number of aryl methyl sites for hydroxylation is 1. The number of hydrogen-bond acceptors (Lipinski definition) is 5. The largest absolute Gasteiger partial charge is 0.339 e. The zero-order valence-electron chi connectivity index (χ0n) is 10.0. The van der Waals surface area contributed by atoms with Gasteiger partial charge in [0.15, 0.2) is 0 Å². The van der Waals surface area contributed by atoms with Crippen molar-refractivity contribution in [2.24, 2.45) is 0 Å². The van der Waals surface area contributed by atoms with Crippen LogP contribution in [0.4, 0.5) is 0 Å². The number of sulfonamides is 1. The van der Waals surface area contributed by atoms with Gasteiger partial charge in [-0.1, -0.05) is 29.4 Å². The van der Waals surface area contributed by atoms with E-state index in [4.69, 9.17) is 4.52 Å². The summed E-state index contributed by atoms with van der Waals surface area (Å²) in [5.41, 5.74) is 1.69. The van der Waals surface area contributed by atoms with Gasteiger partial charge in [0.2, 0.25) is 21.7 Å². The lowest BCUT2D eigenvalue weighted by molar-refractivity contribution is 0.394. The first-order valence-corrected chi connectivity index (χ1v) is 7.17. The van der Waals surface area contributed by atoms with Crippen molar-refractivity contribution < 1.29 is 12.9 Å². The summed E-state index contributed by atoms with van der Waals surface area (Å²) >= 11 is 0. The molecule has 0 saturated carbocycles. The molecule has 6 nitrogen and oxygen atoms in total. The van der Waals surface area contributed by atoms with Crippen molar-refractivity contribution in [2.45, 2.75) is 13.5 Å². The Kier molecular flexibility index (Phi) is 3.44. The highest BCUT2D eigenvalue weighted by atomic mass is 32.2. The number of aromatic nitrogens is 2. The molecule has 2 rings (SSSR count). The highest BCUT2D eigenvalue weighted by molar-refractivity contribution is 7.88. The Morgan fingerprint density at radius 2 is 1.94 bits per heavy atom. The van der Waals surface area contributed by atoms with Crippen LogP contribution in [0, 0.1) is 6.92 Å². The van der Waals surface area contributed by atoms with Crippen LogP contribution in [0.3, 0.4) is 0 Å². The lowest BCUT2D eigenvalue weighted by atomic mass is 10.1. The second kappa shape index (κ2) is 4.87. The second-order valence-electron chi connectivity index (χ2n) is 3.93. The first-order chi connectivity index (χ1) is 8.44. The molecule has 7 heteroatoms. The third-order valence-electron chi connectivity index (χ3n) is 2.28. The fourth-order valence-electron chi connectivity index (χ4n) is 1.40. The van der Waals surface area contributed by atoms with Crippen LogP contribution in [0.1, 0.15) is 11.5 Å². The molecule has 0 fully saturated rings. The fourth-order valence-corrected chi connectivity index (χ4v) is 1.83. The molecule has 0 aliphatic carbocycles. The van der Waals surface area contributed by atoms with Gasteiger partial charge in [-0.2, -0.15) is 4.98 Å². The Bertz CT molecular complexity index is 632. The third-order valence-corrected chi connectivity index (χ3v) is 2.95. The van der Waals surface area contributed by atoms with E-state index in [9.17, 15) is 8.42 Å². The molecular formula is C11H13N3O3S. The summed E-state index contributed by atoms with van der Waals surface area (Å²) in [6, 6.07) is 7.28. The third kappa shape index (κ3) is 3.38. The van der Waals surface area contributed by atoms with Gasteiger partial charge in [0.25, 0.3) is 0 Å². The number of benzene rings is 1. The van der Waals surface area contributed by atoms with Crippen molar-refractivity contribution >= 4 is 10.0 Å². The van der Waals surface area contributed by atoms with Crippen LogP contribution in [-0.2, 0) is 16.6 Å². The standard InChI is InChI=1S/C11H13N3O3S/c1-8-13-11(14-17-8)10-5-3-9(4-6-10)7-12-18(2,15)16/h3-6,12H,7H2,1-2H3. The number of rotatable bonds is 4. The quantitative estimate of drug-likeness (QED) is 0.896. The summed E-state index contributed by atoms with van der Waals surface area (Å²) in [5.74, 6) is 1.03. The van der Waals surface area contributed by atoms with Gasteiger partial charge in [0.05, 0.1) is 6.26 Å². The molecule has 1 N–H and O–H groups in total. The van der Waals surface area contributed by atoms with Gasteiger partial charge in [0.1, 0.15) is 0 Å². The van der Waals surface area contributed by atoms with Crippen molar-refractivity contribution in [1.29, 1.82) is 0 Å². The Morgan fingerprint density at radius 1 is 1.28 bits per heavy atom. The predicted octanol–water partition coefficient (Wildman–Crippen LogP) is 1.09. The molecule has 0 bridgehead atoms. The smallest absolute Gasteiger partial charge is 0.223 e. The normalized spacial score (nSPS) is 11.7. The molecule has 2 aromatic rings. The summed E-state index contributed by atoms with van der Waals surface area (Å²) in [5, 5.41) is 3.80. The van der Waals surface area contributed by atoms with Gasteiger partial charge in [-0.15, -0.1) is 0 Å². The Balaban J connectivity index is 2.10. The summed E-state index contributed by atoms with van der Waals surface area (Å²) < 4.78 is 29.2. The fraction of sp³-hybridized carbons (Fsp3) is 0.273. The summed E-state index contributed by atoms with van der Waals surface area (Å²) in [4.78, 5) is 4.11. The van der Waals surface area contributed by atoms with E-state index in [1.54, 1.807) is 6.92 Å². The number of nitrogens with zero attached hydrogens (tertiary/aromatic N) is 2. The zero-order chi connectivity index (χ0) is 13.2. The maximum Gasteiger partial charge on any atom is 0.223 e. The van der Waals surface area contributed by atoms with Crippen molar-refractivity contribution in [3.63, 3.8) is 0 Å². The maximum absolute atomic E-state index is 11.0. The Labute approximate surface area is 105 Å². The van der Waals surface area contributed by atoms with Crippen LogP contribution < -0.4 is 4.72 Å². The molecule has 0 amide bonds. The molecular weight excluding hydrogens is 254 g/mol. The average molecular weight is 267 g/mol. The maximum atomic E-state index is 11.0. The van der Waals surface area contributed by atoms with Crippen LogP contribution in [0.25, 0.3) is 11.4 Å². The van der Waals surface area contributed by atoms with E-state index >= 15 is 0 Å². The van der Waals surface area contributed by atoms with E-state index in [0.29, 0.717) is 11.7 Å². The van der Waals surface area contributed by atoms with Crippen molar-refractivity contribution in [1.82, 2.24) is 14.9 Å². The van der Waals surface area contributed by atoms with Crippen LogP contribution in [0.5, 0.6) is 0 Å². The van der Waals surface area contributed by atoms with Crippen LogP contribution in [0.15, 0.2) is 28.8 Å². The first kappa shape index (κ1) is 12.7. The van der Waals surface area contributed by atoms with Crippen molar-refractivity contribution in [3.8, 4) is 11.4 Å². The molecule has 0 saturated heterocycles. The molecule has 0 aliphatic rings. The van der Waals surface area contributed by atoms with Gasteiger partial charge in [0, 0.05) is 19.0 Å². The van der Waals surface area contributed by atoms with E-state index in [1.807, 2.05) is 24.3 Å². The molecule has 1 aromatic heterocycles. The van der Waals surface area contributed by atoms with Crippen molar-refractivity contribution in [3.05, 3.63) is 35.7 Å². The molecule has 18 heavy (non-hydrogen) atoms. The van der Waals surface area contributed by atoms with Crippen LogP contribution in [-0.4, -0.2) is 24.8 Å². The molecule has 1 aromatic carbocycles. The summed E-state index contributed by atoms with van der Waals surface area (Å²) in [7, 11) is -3.17. The van der Waals surface area contributed by atoms with E-state index in [0.717, 1.165) is 17.4 Å². The molecule has 0 aliphatic heterocycles. The molecule has 0 radical (unpaired) electrons. The zero-order valence-corrected chi connectivity index (χ0v) is 10.9. The van der Waals surface area contributed by atoms with Gasteiger partial charge >= 0.3 is 0 Å². The van der Waals surface area contributed by atoms with Crippen molar-refractivity contribution in [2.75, 3.05) is 6.26 Å². The SMILES string of the molecule is Cc1nc(-c2ccc(CNS(C)(=O)=O)cc2)no1.